The highest BCUT2D eigenvalue weighted by atomic mass is 35.5. The van der Waals surface area contributed by atoms with Crippen LogP contribution in [0.5, 0.6) is 0 Å². The maximum Gasteiger partial charge on any atom is 0.292 e. The number of hydrazone groups is 1. The number of hydrogen-bond acceptors (Lipinski definition) is 5. The number of carbonyl (C=O) groups excluding carboxylic acids is 1. The van der Waals surface area contributed by atoms with Crippen LogP contribution in [0.2, 0.25) is 5.02 Å². The Morgan fingerprint density at radius 3 is 2.61 bits per heavy atom. The van der Waals surface area contributed by atoms with Crippen molar-refractivity contribution in [3.63, 3.8) is 0 Å². The van der Waals surface area contributed by atoms with E-state index in [2.05, 4.69) is 20.7 Å². The molecule has 0 spiro atoms. The van der Waals surface area contributed by atoms with E-state index in [1.807, 2.05) is 12.1 Å². The van der Waals surface area contributed by atoms with Gasteiger partial charge in [-0.05, 0) is 42.5 Å². The van der Waals surface area contributed by atoms with E-state index < -0.39 is 5.91 Å². The summed E-state index contributed by atoms with van der Waals surface area (Å²) >= 11 is 5.88. The van der Waals surface area contributed by atoms with Crippen molar-refractivity contribution in [1.29, 1.82) is 0 Å². The molecule has 2 N–H and O–H groups in total. The van der Waals surface area contributed by atoms with Gasteiger partial charge in [-0.1, -0.05) is 29.8 Å². The van der Waals surface area contributed by atoms with Gasteiger partial charge in [0.2, 0.25) is 0 Å². The molecule has 138 valence electrons. The normalized spacial score (nSPS) is 11.2. The van der Waals surface area contributed by atoms with Crippen molar-refractivity contribution < 1.29 is 9.21 Å². The number of amides is 1. The van der Waals surface area contributed by atoms with Crippen molar-refractivity contribution in [3.8, 4) is 11.3 Å². The van der Waals surface area contributed by atoms with Crippen LogP contribution in [0.1, 0.15) is 16.2 Å². The summed E-state index contributed by atoms with van der Waals surface area (Å²) in [6, 6.07) is 17.5. The lowest BCUT2D eigenvalue weighted by atomic mass is 10.1. The first-order valence-electron chi connectivity index (χ1n) is 8.28. The van der Waals surface area contributed by atoms with Gasteiger partial charge in [-0.3, -0.25) is 9.59 Å². The standard InChI is InChI=1S/C20H13ClN4O3/c21-13-7-5-12(6-8-13)17-10-9-14(28-17)11-22-24-20(27)18-15-3-1-2-4-16(15)19(26)25-23-18/h1-11H,(H,24,27)(H,25,26)/b22-11+. The minimum absolute atomic E-state index is 0.0775. The van der Waals surface area contributed by atoms with Gasteiger partial charge in [0.1, 0.15) is 11.5 Å². The molecule has 8 heteroatoms. The zero-order chi connectivity index (χ0) is 19.5. The summed E-state index contributed by atoms with van der Waals surface area (Å²) in [7, 11) is 0. The molecule has 0 bridgehead atoms. The highest BCUT2D eigenvalue weighted by Crippen LogP contribution is 2.23. The molecule has 4 aromatic rings. The lowest BCUT2D eigenvalue weighted by molar-refractivity contribution is 0.0951. The number of nitrogens with one attached hydrogen (secondary N) is 2. The number of furan rings is 1. The number of H-pyrrole nitrogens is 1. The predicted octanol–water partition coefficient (Wildman–Crippen LogP) is 3.60. The third-order valence-corrected chi connectivity index (χ3v) is 4.28. The molecular formula is C20H13ClN4O3. The molecule has 2 aromatic heterocycles. The van der Waals surface area contributed by atoms with Crippen LogP contribution in [-0.2, 0) is 0 Å². The fraction of sp³-hybridized carbons (Fsp3) is 0. The molecule has 0 aliphatic heterocycles. The van der Waals surface area contributed by atoms with Crippen LogP contribution in [0.15, 0.2) is 75.0 Å². The van der Waals surface area contributed by atoms with Crippen molar-refractivity contribution in [2.75, 3.05) is 0 Å². The molecule has 4 rings (SSSR count). The first kappa shape index (κ1) is 17.7. The van der Waals surface area contributed by atoms with E-state index >= 15 is 0 Å². The topological polar surface area (TPSA) is 100 Å². The Bertz CT molecular complexity index is 1240. The van der Waals surface area contributed by atoms with Crippen molar-refractivity contribution in [2.24, 2.45) is 5.10 Å². The Hall–Kier alpha value is -3.71. The monoisotopic (exact) mass is 392 g/mol. The van der Waals surface area contributed by atoms with Gasteiger partial charge in [-0.15, -0.1) is 0 Å². The zero-order valence-electron chi connectivity index (χ0n) is 14.3. The Balaban J connectivity index is 1.50. The number of halogens is 1. The third kappa shape index (κ3) is 3.56. The Labute approximate surface area is 163 Å². The second-order valence-corrected chi connectivity index (χ2v) is 6.29. The summed E-state index contributed by atoms with van der Waals surface area (Å²) in [5.74, 6) is 0.565. The number of nitrogens with zero attached hydrogens (tertiary/aromatic N) is 2. The van der Waals surface area contributed by atoms with Gasteiger partial charge in [-0.25, -0.2) is 10.5 Å². The quantitative estimate of drug-likeness (QED) is 0.409. The van der Waals surface area contributed by atoms with Crippen molar-refractivity contribution in [3.05, 3.63) is 87.5 Å². The van der Waals surface area contributed by atoms with E-state index in [9.17, 15) is 9.59 Å². The Morgan fingerprint density at radius 1 is 1.07 bits per heavy atom. The van der Waals surface area contributed by atoms with Crippen LogP contribution in [0.4, 0.5) is 0 Å². The van der Waals surface area contributed by atoms with Crippen molar-refractivity contribution in [2.45, 2.75) is 0 Å². The molecule has 28 heavy (non-hydrogen) atoms. The molecular weight excluding hydrogens is 380 g/mol. The average Bonchev–Trinajstić information content (AvgIpc) is 3.18. The van der Waals surface area contributed by atoms with E-state index in [0.29, 0.717) is 27.3 Å². The smallest absolute Gasteiger partial charge is 0.292 e. The fourth-order valence-electron chi connectivity index (χ4n) is 2.69. The van der Waals surface area contributed by atoms with Crippen LogP contribution in [0.25, 0.3) is 22.1 Å². The minimum atomic E-state index is -0.548. The van der Waals surface area contributed by atoms with Crippen LogP contribution >= 0.6 is 11.6 Å². The Kier molecular flexibility index (Phi) is 4.74. The SMILES string of the molecule is O=C(N/N=C/c1ccc(-c2ccc(Cl)cc2)o1)c1n[nH]c(=O)c2ccccc12. The summed E-state index contributed by atoms with van der Waals surface area (Å²) in [6.45, 7) is 0. The second kappa shape index (κ2) is 7.50. The van der Waals surface area contributed by atoms with E-state index in [0.717, 1.165) is 5.56 Å². The zero-order valence-corrected chi connectivity index (χ0v) is 15.1. The molecule has 1 amide bonds. The number of carbonyl (C=O) groups is 1. The van der Waals surface area contributed by atoms with Gasteiger partial charge >= 0.3 is 0 Å². The van der Waals surface area contributed by atoms with E-state index in [1.54, 1.807) is 48.5 Å². The molecule has 0 aliphatic rings. The lowest BCUT2D eigenvalue weighted by Crippen LogP contribution is -2.22. The first-order valence-corrected chi connectivity index (χ1v) is 8.66. The van der Waals surface area contributed by atoms with Crippen LogP contribution in [0, 0.1) is 0 Å². The molecule has 0 saturated heterocycles. The maximum atomic E-state index is 12.4. The molecule has 0 radical (unpaired) electrons. The van der Waals surface area contributed by atoms with Crippen molar-refractivity contribution >= 4 is 34.5 Å². The molecule has 0 fully saturated rings. The molecule has 7 nitrogen and oxygen atoms in total. The largest absolute Gasteiger partial charge is 0.455 e. The predicted molar refractivity (Wildman–Crippen MR) is 107 cm³/mol. The second-order valence-electron chi connectivity index (χ2n) is 5.85. The number of hydrogen-bond donors (Lipinski definition) is 2. The summed E-state index contributed by atoms with van der Waals surface area (Å²) < 4.78 is 5.68. The van der Waals surface area contributed by atoms with Gasteiger partial charge in [0, 0.05) is 16.0 Å². The molecule has 0 aliphatic carbocycles. The molecule has 2 aromatic carbocycles. The van der Waals surface area contributed by atoms with Crippen LogP contribution in [0.3, 0.4) is 0 Å². The number of aromatic nitrogens is 2. The third-order valence-electron chi connectivity index (χ3n) is 4.02. The average molecular weight is 393 g/mol. The summed E-state index contributed by atoms with van der Waals surface area (Å²) in [4.78, 5) is 24.2. The molecule has 2 heterocycles. The molecule has 0 unspecified atom stereocenters. The molecule has 0 saturated carbocycles. The summed E-state index contributed by atoms with van der Waals surface area (Å²) in [6.07, 6.45) is 1.38. The molecule has 0 atom stereocenters. The van der Waals surface area contributed by atoms with Gasteiger partial charge in [0.05, 0.1) is 11.6 Å². The van der Waals surface area contributed by atoms with Crippen molar-refractivity contribution in [1.82, 2.24) is 15.6 Å². The highest BCUT2D eigenvalue weighted by Gasteiger charge is 2.13. The number of fused-ring (bicyclic) bond motifs is 1. The highest BCUT2D eigenvalue weighted by molar-refractivity contribution is 6.30. The van der Waals surface area contributed by atoms with Gasteiger partial charge in [-0.2, -0.15) is 10.2 Å². The van der Waals surface area contributed by atoms with Gasteiger partial charge in [0.25, 0.3) is 11.5 Å². The van der Waals surface area contributed by atoms with E-state index in [1.165, 1.54) is 6.21 Å². The fourth-order valence-corrected chi connectivity index (χ4v) is 2.81. The van der Waals surface area contributed by atoms with Crippen LogP contribution < -0.4 is 11.0 Å². The lowest BCUT2D eigenvalue weighted by Gasteiger charge is -2.02. The van der Waals surface area contributed by atoms with Gasteiger partial charge < -0.3 is 4.42 Å². The summed E-state index contributed by atoms with van der Waals surface area (Å²) in [5, 5.41) is 11.5. The minimum Gasteiger partial charge on any atom is -0.455 e. The van der Waals surface area contributed by atoms with Gasteiger partial charge in [0.15, 0.2) is 5.69 Å². The van der Waals surface area contributed by atoms with Crippen LogP contribution in [-0.4, -0.2) is 22.3 Å². The van der Waals surface area contributed by atoms with E-state index in [-0.39, 0.29) is 11.3 Å². The maximum absolute atomic E-state index is 12.4. The number of aromatic amines is 1. The first-order chi connectivity index (χ1) is 13.6. The van der Waals surface area contributed by atoms with E-state index in [4.69, 9.17) is 16.0 Å². The number of rotatable bonds is 4. The Morgan fingerprint density at radius 2 is 1.82 bits per heavy atom. The number of benzene rings is 2. The summed E-state index contributed by atoms with van der Waals surface area (Å²) in [5.41, 5.74) is 2.97.